The third-order valence-corrected chi connectivity index (χ3v) is 4.39. The molecule has 0 amide bonds. The van der Waals surface area contributed by atoms with Gasteiger partial charge in [-0.05, 0) is 69.0 Å². The van der Waals surface area contributed by atoms with Gasteiger partial charge in [-0.2, -0.15) is 0 Å². The molecule has 2 nitrogen and oxygen atoms in total. The molecular formula is C15H23BrN2. The minimum atomic E-state index is 0.907. The van der Waals surface area contributed by atoms with Crippen molar-refractivity contribution in [2.45, 2.75) is 26.2 Å². The van der Waals surface area contributed by atoms with E-state index in [0.29, 0.717) is 0 Å². The zero-order valence-electron chi connectivity index (χ0n) is 11.4. The van der Waals surface area contributed by atoms with Crippen LogP contribution >= 0.6 is 15.9 Å². The number of hydrogen-bond donors (Lipinski definition) is 1. The summed E-state index contributed by atoms with van der Waals surface area (Å²) in [6, 6.07) is 6.53. The first kappa shape index (κ1) is 13.9. The second kappa shape index (κ2) is 6.58. The lowest BCUT2D eigenvalue weighted by molar-refractivity contribution is 0.356. The minimum Gasteiger partial charge on any atom is -0.374 e. The van der Waals surface area contributed by atoms with E-state index in [2.05, 4.69) is 58.3 Å². The lowest BCUT2D eigenvalue weighted by atomic mass is 9.94. The van der Waals surface area contributed by atoms with Crippen LogP contribution in [0.3, 0.4) is 0 Å². The highest BCUT2D eigenvalue weighted by Gasteiger charge is 2.14. The van der Waals surface area contributed by atoms with E-state index in [1.807, 2.05) is 0 Å². The summed E-state index contributed by atoms with van der Waals surface area (Å²) in [5.74, 6) is 0.907. The van der Waals surface area contributed by atoms with Crippen molar-refractivity contribution in [1.82, 2.24) is 5.32 Å². The van der Waals surface area contributed by atoms with E-state index in [4.69, 9.17) is 0 Å². The van der Waals surface area contributed by atoms with Crippen LogP contribution in [-0.4, -0.2) is 26.7 Å². The van der Waals surface area contributed by atoms with E-state index in [1.54, 1.807) is 0 Å². The predicted octanol–water partition coefficient (Wildman–Crippen LogP) is 3.58. The van der Waals surface area contributed by atoms with Gasteiger partial charge in [-0.15, -0.1) is 0 Å². The third-order valence-electron chi connectivity index (χ3n) is 3.90. The van der Waals surface area contributed by atoms with Crippen LogP contribution in [0.5, 0.6) is 0 Å². The van der Waals surface area contributed by atoms with E-state index in [1.165, 1.54) is 43.6 Å². The van der Waals surface area contributed by atoms with Crippen molar-refractivity contribution in [2.24, 2.45) is 5.92 Å². The Morgan fingerprint density at radius 2 is 2.06 bits per heavy atom. The van der Waals surface area contributed by atoms with Gasteiger partial charge in [-0.25, -0.2) is 0 Å². The van der Waals surface area contributed by atoms with Gasteiger partial charge >= 0.3 is 0 Å². The summed E-state index contributed by atoms with van der Waals surface area (Å²) in [4.78, 5) is 2.39. The number of halogens is 1. The molecule has 1 aromatic rings. The zero-order valence-corrected chi connectivity index (χ0v) is 13.0. The van der Waals surface area contributed by atoms with E-state index in [-0.39, 0.29) is 0 Å². The number of benzene rings is 1. The number of piperidine rings is 1. The van der Waals surface area contributed by atoms with Crippen LogP contribution in [-0.2, 0) is 0 Å². The molecule has 0 saturated carbocycles. The Balaban J connectivity index is 1.88. The summed E-state index contributed by atoms with van der Waals surface area (Å²) in [5.41, 5.74) is 2.70. The van der Waals surface area contributed by atoms with Crippen LogP contribution in [0.1, 0.15) is 24.8 Å². The van der Waals surface area contributed by atoms with Gasteiger partial charge in [0.25, 0.3) is 0 Å². The molecule has 0 aromatic heterocycles. The molecule has 100 valence electrons. The summed E-state index contributed by atoms with van der Waals surface area (Å²) in [5, 5.41) is 3.43. The highest BCUT2D eigenvalue weighted by molar-refractivity contribution is 9.10. The average Bonchev–Trinajstić information content (AvgIpc) is 2.37. The van der Waals surface area contributed by atoms with Crippen molar-refractivity contribution in [3.05, 3.63) is 28.2 Å². The zero-order chi connectivity index (χ0) is 13.0. The molecule has 1 aliphatic heterocycles. The first-order chi connectivity index (χ1) is 8.66. The molecule has 0 spiro atoms. The molecule has 2 rings (SSSR count). The SMILES string of the molecule is Cc1cc(Br)ccc1N(C)CCC1CCNCC1. The fourth-order valence-corrected chi connectivity index (χ4v) is 3.19. The topological polar surface area (TPSA) is 15.3 Å². The second-order valence-corrected chi connectivity index (χ2v) is 6.25. The summed E-state index contributed by atoms with van der Waals surface area (Å²) in [6.45, 7) is 5.74. The van der Waals surface area contributed by atoms with E-state index in [9.17, 15) is 0 Å². The number of nitrogens with zero attached hydrogens (tertiary/aromatic N) is 1. The molecule has 0 bridgehead atoms. The lowest BCUT2D eigenvalue weighted by Crippen LogP contribution is -2.30. The molecular weight excluding hydrogens is 288 g/mol. The van der Waals surface area contributed by atoms with Crippen molar-refractivity contribution in [1.29, 1.82) is 0 Å². The maximum Gasteiger partial charge on any atom is 0.0394 e. The van der Waals surface area contributed by atoms with Crippen LogP contribution < -0.4 is 10.2 Å². The molecule has 18 heavy (non-hydrogen) atoms. The highest BCUT2D eigenvalue weighted by Crippen LogP contribution is 2.24. The molecule has 1 aliphatic rings. The van der Waals surface area contributed by atoms with Gasteiger partial charge in [0.05, 0.1) is 0 Å². The molecule has 1 saturated heterocycles. The van der Waals surface area contributed by atoms with E-state index in [0.717, 1.165) is 16.9 Å². The number of aryl methyl sites for hydroxylation is 1. The van der Waals surface area contributed by atoms with Crippen molar-refractivity contribution < 1.29 is 0 Å². The van der Waals surface area contributed by atoms with Gasteiger partial charge in [0.15, 0.2) is 0 Å². The molecule has 0 aliphatic carbocycles. The standard InChI is InChI=1S/C15H23BrN2/c1-12-11-14(16)3-4-15(12)18(2)10-7-13-5-8-17-9-6-13/h3-4,11,13,17H,5-10H2,1-2H3. The van der Waals surface area contributed by atoms with Gasteiger partial charge in [0.1, 0.15) is 0 Å². The minimum absolute atomic E-state index is 0.907. The predicted molar refractivity (Wildman–Crippen MR) is 82.4 cm³/mol. The quantitative estimate of drug-likeness (QED) is 0.914. The molecule has 1 aromatic carbocycles. The van der Waals surface area contributed by atoms with Gasteiger partial charge in [0, 0.05) is 23.8 Å². The molecule has 1 fully saturated rings. The fraction of sp³-hybridized carbons (Fsp3) is 0.600. The molecule has 1 heterocycles. The van der Waals surface area contributed by atoms with E-state index < -0.39 is 0 Å². The number of anilines is 1. The molecule has 0 unspecified atom stereocenters. The second-order valence-electron chi connectivity index (χ2n) is 5.33. The Labute approximate surface area is 119 Å². The monoisotopic (exact) mass is 310 g/mol. The smallest absolute Gasteiger partial charge is 0.0394 e. The van der Waals surface area contributed by atoms with Crippen molar-refractivity contribution >= 4 is 21.6 Å². The Bertz CT molecular complexity index is 386. The average molecular weight is 311 g/mol. The van der Waals surface area contributed by atoms with Gasteiger partial charge < -0.3 is 10.2 Å². The fourth-order valence-electron chi connectivity index (χ4n) is 2.71. The van der Waals surface area contributed by atoms with Crippen LogP contribution in [0.15, 0.2) is 22.7 Å². The number of nitrogens with one attached hydrogen (secondary N) is 1. The summed E-state index contributed by atoms with van der Waals surface area (Å²) in [6.07, 6.45) is 3.99. The van der Waals surface area contributed by atoms with Crippen molar-refractivity contribution in [3.8, 4) is 0 Å². The van der Waals surface area contributed by atoms with Gasteiger partial charge in [-0.3, -0.25) is 0 Å². The highest BCUT2D eigenvalue weighted by atomic mass is 79.9. The first-order valence-corrected chi connectivity index (χ1v) is 7.64. The lowest BCUT2D eigenvalue weighted by Gasteiger charge is -2.27. The summed E-state index contributed by atoms with van der Waals surface area (Å²) >= 11 is 3.52. The van der Waals surface area contributed by atoms with Crippen molar-refractivity contribution in [2.75, 3.05) is 31.6 Å². The Kier molecular flexibility index (Phi) is 5.07. The summed E-state index contributed by atoms with van der Waals surface area (Å²) in [7, 11) is 2.21. The van der Waals surface area contributed by atoms with Crippen LogP contribution in [0, 0.1) is 12.8 Å². The van der Waals surface area contributed by atoms with E-state index >= 15 is 0 Å². The molecule has 3 heteroatoms. The maximum absolute atomic E-state index is 3.52. The molecule has 0 atom stereocenters. The summed E-state index contributed by atoms with van der Waals surface area (Å²) < 4.78 is 1.16. The van der Waals surface area contributed by atoms with Crippen LogP contribution in [0.4, 0.5) is 5.69 Å². The number of rotatable bonds is 4. The first-order valence-electron chi connectivity index (χ1n) is 6.85. The number of hydrogen-bond acceptors (Lipinski definition) is 2. The Hall–Kier alpha value is -0.540. The largest absolute Gasteiger partial charge is 0.374 e. The van der Waals surface area contributed by atoms with Crippen molar-refractivity contribution in [3.63, 3.8) is 0 Å². The van der Waals surface area contributed by atoms with Crippen LogP contribution in [0.2, 0.25) is 0 Å². The Morgan fingerprint density at radius 3 is 2.72 bits per heavy atom. The Morgan fingerprint density at radius 1 is 1.33 bits per heavy atom. The third kappa shape index (κ3) is 3.72. The maximum atomic E-state index is 3.52. The normalized spacial score (nSPS) is 16.8. The van der Waals surface area contributed by atoms with Crippen LogP contribution in [0.25, 0.3) is 0 Å². The van der Waals surface area contributed by atoms with Gasteiger partial charge in [-0.1, -0.05) is 15.9 Å². The van der Waals surface area contributed by atoms with Gasteiger partial charge in [0.2, 0.25) is 0 Å². The molecule has 1 N–H and O–H groups in total. The molecule has 0 radical (unpaired) electrons.